The van der Waals surface area contributed by atoms with Gasteiger partial charge >= 0.3 is 0 Å². The van der Waals surface area contributed by atoms with Crippen LogP contribution in [0.3, 0.4) is 0 Å². The Morgan fingerprint density at radius 2 is 2.05 bits per heavy atom. The Labute approximate surface area is 126 Å². The van der Waals surface area contributed by atoms with Crippen LogP contribution in [0, 0.1) is 6.92 Å². The molecule has 1 rings (SSSR count). The molecule has 0 bridgehead atoms. The predicted octanol–water partition coefficient (Wildman–Crippen LogP) is -0.706. The highest BCUT2D eigenvalue weighted by Gasteiger charge is 2.22. The third kappa shape index (κ3) is 5.71. The summed E-state index contributed by atoms with van der Waals surface area (Å²) in [6.45, 7) is 4.17. The standard InChI is InChI=1S/C12H25N5O3S/c1-10-11(9-13-2)12(16-15-10)21(18,19)14-5-7-20-8-6-17(3)4/h13-14H,5-9H2,1-4H3,(H,15,16). The van der Waals surface area contributed by atoms with Crippen LogP contribution < -0.4 is 10.0 Å². The second kappa shape index (κ2) is 8.44. The van der Waals surface area contributed by atoms with Gasteiger partial charge in [0.25, 0.3) is 10.0 Å². The number of ether oxygens (including phenoxy) is 1. The average molecular weight is 319 g/mol. The molecule has 1 aromatic heterocycles. The minimum atomic E-state index is -3.62. The van der Waals surface area contributed by atoms with Crippen LogP contribution in [0.5, 0.6) is 0 Å². The molecule has 0 aliphatic carbocycles. The summed E-state index contributed by atoms with van der Waals surface area (Å²) in [6, 6.07) is 0. The maximum absolute atomic E-state index is 12.2. The molecule has 3 N–H and O–H groups in total. The molecule has 0 saturated carbocycles. The monoisotopic (exact) mass is 319 g/mol. The van der Waals surface area contributed by atoms with Gasteiger partial charge in [-0.25, -0.2) is 13.1 Å². The molecule has 0 fully saturated rings. The molecular weight excluding hydrogens is 294 g/mol. The fourth-order valence-corrected chi connectivity index (χ4v) is 2.91. The fourth-order valence-electron chi connectivity index (χ4n) is 1.70. The topological polar surface area (TPSA) is 99.3 Å². The van der Waals surface area contributed by atoms with Crippen molar-refractivity contribution in [1.82, 2.24) is 25.1 Å². The number of nitrogens with one attached hydrogen (secondary N) is 3. The number of hydrogen-bond donors (Lipinski definition) is 3. The SMILES string of the molecule is CNCc1c(S(=O)(=O)NCCOCCN(C)C)n[nH]c1C. The summed E-state index contributed by atoms with van der Waals surface area (Å²) in [4.78, 5) is 2.00. The van der Waals surface area contributed by atoms with Crippen molar-refractivity contribution < 1.29 is 13.2 Å². The smallest absolute Gasteiger partial charge is 0.260 e. The number of hydrogen-bond acceptors (Lipinski definition) is 6. The first-order chi connectivity index (χ1) is 9.88. The molecule has 0 amide bonds. The molecule has 0 spiro atoms. The van der Waals surface area contributed by atoms with Gasteiger partial charge in [-0.2, -0.15) is 5.10 Å². The van der Waals surface area contributed by atoms with Crippen LogP contribution in [-0.4, -0.2) is 71.0 Å². The van der Waals surface area contributed by atoms with Crippen molar-refractivity contribution >= 4 is 10.0 Å². The van der Waals surface area contributed by atoms with E-state index in [2.05, 4.69) is 20.2 Å². The summed E-state index contributed by atoms with van der Waals surface area (Å²) in [6.07, 6.45) is 0. The van der Waals surface area contributed by atoms with E-state index in [1.54, 1.807) is 14.0 Å². The maximum atomic E-state index is 12.2. The lowest BCUT2D eigenvalue weighted by Gasteiger charge is -2.10. The van der Waals surface area contributed by atoms with E-state index in [0.29, 0.717) is 25.3 Å². The summed E-state index contributed by atoms with van der Waals surface area (Å²) in [5.41, 5.74) is 1.39. The molecule has 0 unspecified atom stereocenters. The zero-order valence-corrected chi connectivity index (χ0v) is 13.9. The maximum Gasteiger partial charge on any atom is 0.260 e. The molecule has 8 nitrogen and oxygen atoms in total. The molecule has 1 heterocycles. The van der Waals surface area contributed by atoms with Gasteiger partial charge < -0.3 is 15.0 Å². The summed E-state index contributed by atoms with van der Waals surface area (Å²) in [5.74, 6) is 0. The molecule has 0 atom stereocenters. The van der Waals surface area contributed by atoms with E-state index in [9.17, 15) is 8.42 Å². The van der Waals surface area contributed by atoms with Gasteiger partial charge in [-0.3, -0.25) is 5.10 Å². The van der Waals surface area contributed by atoms with E-state index in [4.69, 9.17) is 4.74 Å². The van der Waals surface area contributed by atoms with E-state index < -0.39 is 10.0 Å². The Bertz CT molecular complexity index is 527. The highest BCUT2D eigenvalue weighted by atomic mass is 32.2. The van der Waals surface area contributed by atoms with Crippen molar-refractivity contribution in [3.63, 3.8) is 0 Å². The fraction of sp³-hybridized carbons (Fsp3) is 0.750. The Kier molecular flexibility index (Phi) is 7.26. The van der Waals surface area contributed by atoms with Crippen molar-refractivity contribution in [3.05, 3.63) is 11.3 Å². The summed E-state index contributed by atoms with van der Waals surface area (Å²) in [5, 5.41) is 9.57. The van der Waals surface area contributed by atoms with Gasteiger partial charge in [-0.15, -0.1) is 0 Å². The molecule has 21 heavy (non-hydrogen) atoms. The van der Waals surface area contributed by atoms with Gasteiger partial charge in [-0.05, 0) is 28.1 Å². The van der Waals surface area contributed by atoms with E-state index in [1.165, 1.54) is 0 Å². The van der Waals surface area contributed by atoms with Gasteiger partial charge in [-0.1, -0.05) is 0 Å². The van der Waals surface area contributed by atoms with E-state index >= 15 is 0 Å². The van der Waals surface area contributed by atoms with Crippen LogP contribution in [-0.2, 0) is 21.3 Å². The van der Waals surface area contributed by atoms with Crippen LogP contribution in [0.2, 0.25) is 0 Å². The lowest BCUT2D eigenvalue weighted by Crippen LogP contribution is -2.29. The summed E-state index contributed by atoms with van der Waals surface area (Å²) >= 11 is 0. The second-order valence-corrected chi connectivity index (χ2v) is 6.66. The minimum Gasteiger partial charge on any atom is -0.379 e. The van der Waals surface area contributed by atoms with Crippen molar-refractivity contribution in [2.45, 2.75) is 18.5 Å². The Hall–Kier alpha value is -1.00. The van der Waals surface area contributed by atoms with Crippen LogP contribution in [0.1, 0.15) is 11.3 Å². The van der Waals surface area contributed by atoms with Gasteiger partial charge in [0, 0.05) is 30.9 Å². The lowest BCUT2D eigenvalue weighted by molar-refractivity contribution is 0.122. The molecular formula is C12H25N5O3S. The van der Waals surface area contributed by atoms with E-state index in [0.717, 1.165) is 12.2 Å². The van der Waals surface area contributed by atoms with Crippen LogP contribution in [0.4, 0.5) is 0 Å². The number of sulfonamides is 1. The predicted molar refractivity (Wildman–Crippen MR) is 80.6 cm³/mol. The minimum absolute atomic E-state index is 0.0441. The van der Waals surface area contributed by atoms with Crippen molar-refractivity contribution in [1.29, 1.82) is 0 Å². The van der Waals surface area contributed by atoms with E-state index in [-0.39, 0.29) is 11.6 Å². The highest BCUT2D eigenvalue weighted by Crippen LogP contribution is 2.15. The number of aryl methyl sites for hydroxylation is 1. The number of likely N-dealkylation sites (N-methyl/N-ethyl adjacent to an activating group) is 1. The third-order valence-electron chi connectivity index (χ3n) is 2.87. The zero-order valence-electron chi connectivity index (χ0n) is 13.1. The number of aromatic amines is 1. The summed E-state index contributed by atoms with van der Waals surface area (Å²) < 4.78 is 32.2. The van der Waals surface area contributed by atoms with E-state index in [1.807, 2.05) is 19.0 Å². The molecule has 0 aromatic carbocycles. The molecule has 122 valence electrons. The van der Waals surface area contributed by atoms with Crippen LogP contribution >= 0.6 is 0 Å². The first-order valence-corrected chi connectivity index (χ1v) is 8.27. The summed E-state index contributed by atoms with van der Waals surface area (Å²) in [7, 11) is 2.05. The van der Waals surface area contributed by atoms with Gasteiger partial charge in [0.05, 0.1) is 13.2 Å². The Balaban J connectivity index is 2.50. The molecule has 0 saturated heterocycles. The number of H-pyrrole nitrogens is 1. The zero-order chi connectivity index (χ0) is 15.9. The quantitative estimate of drug-likeness (QED) is 0.493. The highest BCUT2D eigenvalue weighted by molar-refractivity contribution is 7.89. The van der Waals surface area contributed by atoms with Gasteiger partial charge in [0.2, 0.25) is 0 Å². The van der Waals surface area contributed by atoms with Crippen molar-refractivity contribution in [3.8, 4) is 0 Å². The largest absolute Gasteiger partial charge is 0.379 e. The first kappa shape index (κ1) is 18.1. The molecule has 0 aliphatic rings. The van der Waals surface area contributed by atoms with Gasteiger partial charge in [0.15, 0.2) is 5.03 Å². The molecule has 0 aliphatic heterocycles. The Morgan fingerprint density at radius 1 is 1.33 bits per heavy atom. The molecule has 9 heteroatoms. The van der Waals surface area contributed by atoms with Crippen LogP contribution in [0.25, 0.3) is 0 Å². The number of aromatic nitrogens is 2. The second-order valence-electron chi connectivity index (χ2n) is 4.98. The number of rotatable bonds is 10. The third-order valence-corrected chi connectivity index (χ3v) is 4.30. The van der Waals surface area contributed by atoms with Crippen molar-refractivity contribution in [2.75, 3.05) is 47.4 Å². The van der Waals surface area contributed by atoms with Gasteiger partial charge in [0.1, 0.15) is 0 Å². The number of nitrogens with zero attached hydrogens (tertiary/aromatic N) is 2. The first-order valence-electron chi connectivity index (χ1n) is 6.79. The molecule has 1 aromatic rings. The van der Waals surface area contributed by atoms with Crippen LogP contribution in [0.15, 0.2) is 5.03 Å². The van der Waals surface area contributed by atoms with Crippen molar-refractivity contribution in [2.24, 2.45) is 0 Å². The average Bonchev–Trinajstić information content (AvgIpc) is 2.76. The lowest BCUT2D eigenvalue weighted by atomic mass is 10.3. The Morgan fingerprint density at radius 3 is 2.67 bits per heavy atom. The normalized spacial score (nSPS) is 12.2. The molecule has 0 radical (unpaired) electrons.